The van der Waals surface area contributed by atoms with Crippen LogP contribution in [0.2, 0.25) is 0 Å². The van der Waals surface area contributed by atoms with Gasteiger partial charge in [0.15, 0.2) is 11.3 Å². The van der Waals surface area contributed by atoms with Crippen LogP contribution in [0.25, 0.3) is 5.76 Å². The fourth-order valence-electron chi connectivity index (χ4n) is 2.30. The Bertz CT molecular complexity index is 750. The number of allylic oxidation sites excluding steroid dienone is 1. The number of carbonyl (C=O) groups excluding carboxylic acids is 1. The number of ether oxygens (including phenoxy) is 1. The van der Waals surface area contributed by atoms with Crippen molar-refractivity contribution in [2.75, 3.05) is 0 Å². The molecule has 0 fully saturated rings. The van der Waals surface area contributed by atoms with Crippen LogP contribution in [0.1, 0.15) is 15.2 Å². The SMILES string of the molecule is Oc1cc2c3c(c1)OC(c1ccccc1)=CC3=[O+][SiH-]O2. The first-order valence-electron chi connectivity index (χ1n) is 6.15. The van der Waals surface area contributed by atoms with Crippen molar-refractivity contribution in [3.05, 3.63) is 59.7 Å². The summed E-state index contributed by atoms with van der Waals surface area (Å²) >= 11 is 0. The summed E-state index contributed by atoms with van der Waals surface area (Å²) in [5, 5.41) is 9.75. The highest BCUT2D eigenvalue weighted by atomic mass is 28.2. The second-order valence-corrected chi connectivity index (χ2v) is 5.15. The zero-order valence-electron chi connectivity index (χ0n) is 10.4. The van der Waals surface area contributed by atoms with E-state index in [-0.39, 0.29) is 5.75 Å². The Kier molecular flexibility index (Phi) is 2.40. The van der Waals surface area contributed by atoms with Gasteiger partial charge in [0, 0.05) is 17.7 Å². The fourth-order valence-corrected chi connectivity index (χ4v) is 2.92. The van der Waals surface area contributed by atoms with Gasteiger partial charge in [0.05, 0.1) is 6.08 Å². The highest BCUT2D eigenvalue weighted by molar-refractivity contribution is 6.26. The zero-order valence-corrected chi connectivity index (χ0v) is 11.5. The first-order chi connectivity index (χ1) is 9.81. The fraction of sp³-hybridized carbons (Fsp3) is 0. The summed E-state index contributed by atoms with van der Waals surface area (Å²) in [6, 6.07) is 12.9. The molecular formula is C15H10O4Si. The van der Waals surface area contributed by atoms with Crippen LogP contribution in [-0.4, -0.2) is 20.9 Å². The summed E-state index contributed by atoms with van der Waals surface area (Å²) in [6.45, 7) is 0. The maximum atomic E-state index is 9.75. The van der Waals surface area contributed by atoms with Crippen LogP contribution in [0.15, 0.2) is 48.5 Å². The average Bonchev–Trinajstić information content (AvgIpc) is 2.48. The van der Waals surface area contributed by atoms with Gasteiger partial charge in [-0.1, -0.05) is 30.3 Å². The topological polar surface area (TPSA) is 50.0 Å². The minimum atomic E-state index is -0.613. The third-order valence-electron chi connectivity index (χ3n) is 3.19. The number of ketones is 1. The predicted octanol–water partition coefficient (Wildman–Crippen LogP) is 2.20. The molecule has 5 heteroatoms. The monoisotopic (exact) mass is 282 g/mol. The molecule has 0 unspecified atom stereocenters. The van der Waals surface area contributed by atoms with E-state index in [1.54, 1.807) is 12.1 Å². The highest BCUT2D eigenvalue weighted by Crippen LogP contribution is 2.40. The van der Waals surface area contributed by atoms with E-state index in [0.29, 0.717) is 17.3 Å². The summed E-state index contributed by atoms with van der Waals surface area (Å²) in [7, 11) is -0.613. The van der Waals surface area contributed by atoms with Crippen molar-refractivity contribution in [2.45, 2.75) is 0 Å². The first-order valence-corrected chi connectivity index (χ1v) is 7.10. The van der Waals surface area contributed by atoms with Crippen LogP contribution < -0.4 is 9.16 Å². The van der Waals surface area contributed by atoms with Crippen molar-refractivity contribution in [1.82, 2.24) is 0 Å². The average molecular weight is 282 g/mol. The predicted molar refractivity (Wildman–Crippen MR) is 75.3 cm³/mol. The third-order valence-corrected chi connectivity index (χ3v) is 3.89. The van der Waals surface area contributed by atoms with E-state index in [1.807, 2.05) is 36.4 Å². The van der Waals surface area contributed by atoms with Crippen LogP contribution in [0.3, 0.4) is 0 Å². The maximum absolute atomic E-state index is 9.75. The molecule has 0 radical (unpaired) electrons. The lowest BCUT2D eigenvalue weighted by Gasteiger charge is -2.23. The van der Waals surface area contributed by atoms with Crippen molar-refractivity contribution in [3.8, 4) is 17.2 Å². The van der Waals surface area contributed by atoms with Crippen molar-refractivity contribution in [2.24, 2.45) is 0 Å². The van der Waals surface area contributed by atoms with E-state index in [0.717, 1.165) is 16.9 Å². The van der Waals surface area contributed by atoms with E-state index in [9.17, 15) is 5.11 Å². The number of hydrogen-bond acceptors (Lipinski definition) is 3. The Morgan fingerprint density at radius 2 is 1.85 bits per heavy atom. The number of rotatable bonds is 1. The van der Waals surface area contributed by atoms with Gasteiger partial charge in [-0.15, -0.1) is 0 Å². The van der Waals surface area contributed by atoms with Gasteiger partial charge in [-0.25, -0.2) is 0 Å². The number of benzene rings is 2. The Morgan fingerprint density at radius 3 is 2.70 bits per heavy atom. The van der Waals surface area contributed by atoms with Crippen LogP contribution in [0.5, 0.6) is 17.2 Å². The van der Waals surface area contributed by atoms with Crippen LogP contribution in [0.4, 0.5) is 0 Å². The number of aromatic hydroxyl groups is 1. The Balaban J connectivity index is 1.88. The number of phenolic OH excluding ortho intramolecular Hbond substituents is 1. The Labute approximate surface area is 117 Å². The van der Waals surface area contributed by atoms with Gasteiger partial charge < -0.3 is 18.4 Å². The molecule has 2 aromatic carbocycles. The molecule has 2 heterocycles. The van der Waals surface area contributed by atoms with Crippen LogP contribution in [-0.2, 0) is 0 Å². The molecule has 0 aromatic heterocycles. The molecular weight excluding hydrogens is 272 g/mol. The molecule has 2 aromatic rings. The molecule has 4 rings (SSSR count). The van der Waals surface area contributed by atoms with E-state index in [2.05, 4.69) is 0 Å². The van der Waals surface area contributed by atoms with Gasteiger partial charge in [-0.2, -0.15) is 0 Å². The maximum Gasteiger partial charge on any atom is 0.440 e. The zero-order chi connectivity index (χ0) is 13.5. The lowest BCUT2D eigenvalue weighted by Crippen LogP contribution is -2.19. The standard InChI is InChI=1S/C15H10O4Si/c16-10-6-12-15-13(7-10)18-20-19-14(15)8-11(17-12)9-4-2-1-3-5-9/h1-8,16,20H. The molecule has 1 N–H and O–H groups in total. The van der Waals surface area contributed by atoms with Gasteiger partial charge >= 0.3 is 15.8 Å². The van der Waals surface area contributed by atoms with E-state index < -0.39 is 10.0 Å². The van der Waals surface area contributed by atoms with Crippen molar-refractivity contribution in [1.29, 1.82) is 0 Å². The minimum absolute atomic E-state index is 0.119. The Hall–Kier alpha value is -2.53. The normalized spacial score (nSPS) is 15.0. The second-order valence-electron chi connectivity index (χ2n) is 4.49. The quantitative estimate of drug-likeness (QED) is 0.644. The molecule has 2 aliphatic heterocycles. The molecule has 0 bridgehead atoms. The summed E-state index contributed by atoms with van der Waals surface area (Å²) in [4.78, 5) is 0. The van der Waals surface area contributed by atoms with Crippen LogP contribution >= 0.6 is 0 Å². The summed E-state index contributed by atoms with van der Waals surface area (Å²) < 4.78 is 17.0. The molecule has 0 aliphatic carbocycles. The largest absolute Gasteiger partial charge is 0.618 e. The molecule has 20 heavy (non-hydrogen) atoms. The van der Waals surface area contributed by atoms with Crippen LogP contribution in [0, 0.1) is 0 Å². The Morgan fingerprint density at radius 1 is 1.05 bits per heavy atom. The number of phenols is 1. The molecule has 4 nitrogen and oxygen atoms in total. The van der Waals surface area contributed by atoms with Gasteiger partial charge in [0.1, 0.15) is 17.3 Å². The lowest BCUT2D eigenvalue weighted by molar-refractivity contribution is -0.0999. The second kappa shape index (κ2) is 4.24. The number of hydrogen-bond donors (Lipinski definition) is 1. The van der Waals surface area contributed by atoms with Gasteiger partial charge in [0.2, 0.25) is 0 Å². The van der Waals surface area contributed by atoms with E-state index in [1.165, 1.54) is 0 Å². The van der Waals surface area contributed by atoms with E-state index in [4.69, 9.17) is 13.3 Å². The third kappa shape index (κ3) is 1.71. The lowest BCUT2D eigenvalue weighted by atomic mass is 10.0. The van der Waals surface area contributed by atoms with Gasteiger partial charge in [0.25, 0.3) is 0 Å². The van der Waals surface area contributed by atoms with Crippen molar-refractivity contribution < 1.29 is 18.4 Å². The highest BCUT2D eigenvalue weighted by Gasteiger charge is 2.31. The smallest absolute Gasteiger partial charge is 0.440 e. The van der Waals surface area contributed by atoms with Crippen molar-refractivity contribution >= 4 is 21.5 Å². The molecule has 98 valence electrons. The summed E-state index contributed by atoms with van der Waals surface area (Å²) in [6.07, 6.45) is 1.87. The molecule has 0 amide bonds. The van der Waals surface area contributed by atoms with Gasteiger partial charge in [-0.05, 0) is 0 Å². The molecule has 0 saturated carbocycles. The van der Waals surface area contributed by atoms with Gasteiger partial charge in [-0.3, -0.25) is 0 Å². The molecule has 0 spiro atoms. The molecule has 0 atom stereocenters. The molecule has 0 saturated heterocycles. The molecule has 2 aliphatic rings. The minimum Gasteiger partial charge on any atom is -0.618 e. The summed E-state index contributed by atoms with van der Waals surface area (Å²) in [5.41, 5.74) is 1.72. The van der Waals surface area contributed by atoms with E-state index >= 15 is 0 Å². The first kappa shape index (κ1) is 11.3. The van der Waals surface area contributed by atoms with Crippen molar-refractivity contribution in [3.63, 3.8) is 0 Å². The summed E-state index contributed by atoms with van der Waals surface area (Å²) in [5.74, 6) is 2.72.